The van der Waals surface area contributed by atoms with Gasteiger partial charge in [-0.1, -0.05) is 41.6 Å². The second kappa shape index (κ2) is 4.70. The van der Waals surface area contributed by atoms with Crippen LogP contribution >= 0.6 is 0 Å². The lowest BCUT2D eigenvalue weighted by molar-refractivity contribution is 0.203. The highest BCUT2D eigenvalue weighted by Crippen LogP contribution is 2.24. The lowest BCUT2D eigenvalue weighted by Gasteiger charge is -2.01. The van der Waals surface area contributed by atoms with Crippen LogP contribution in [0.2, 0.25) is 0 Å². The number of aromatic nitrogens is 2. The molecule has 3 aromatic rings. The maximum Gasteiger partial charge on any atom is 0.176 e. The summed E-state index contributed by atoms with van der Waals surface area (Å²) in [5.41, 5.74) is 3.30. The maximum atomic E-state index is 10.3. The van der Waals surface area contributed by atoms with Crippen molar-refractivity contribution in [1.82, 2.24) is 9.71 Å². The summed E-state index contributed by atoms with van der Waals surface area (Å²) in [4.78, 5) is 4.42. The van der Waals surface area contributed by atoms with Crippen LogP contribution in [0.25, 0.3) is 22.4 Å². The summed E-state index contributed by atoms with van der Waals surface area (Å²) in [6.07, 6.45) is 0. The summed E-state index contributed by atoms with van der Waals surface area (Å²) >= 11 is 0. The van der Waals surface area contributed by atoms with Crippen LogP contribution in [0.15, 0.2) is 53.7 Å². The van der Waals surface area contributed by atoms with Crippen molar-refractivity contribution in [1.29, 1.82) is 0 Å². The van der Waals surface area contributed by atoms with Crippen LogP contribution in [-0.2, 0) is 0 Å². The molecule has 0 bridgehead atoms. The fraction of sp³-hybridized carbons (Fsp3) is 0.0667. The average Bonchev–Trinajstić information content (AvgIpc) is 2.84. The van der Waals surface area contributed by atoms with Crippen LogP contribution in [-0.4, -0.2) is 25.8 Å². The molecule has 0 aliphatic rings. The number of oxime groups is 1. The van der Waals surface area contributed by atoms with Crippen LogP contribution in [0, 0.1) is 0 Å². The van der Waals surface area contributed by atoms with E-state index >= 15 is 0 Å². The summed E-state index contributed by atoms with van der Waals surface area (Å²) in [6.45, 7) is 1.69. The Morgan fingerprint density at radius 1 is 1.15 bits per heavy atom. The fourth-order valence-corrected chi connectivity index (χ4v) is 2.12. The van der Waals surface area contributed by atoms with Crippen LogP contribution in [0.1, 0.15) is 12.5 Å². The molecule has 0 spiro atoms. The normalized spacial score (nSPS) is 11.9. The Labute approximate surface area is 115 Å². The standard InChI is InChI=1S/C15H13N3O2/c1-10(17-19)12-7-8-13-14(9-12)18(20)15(16-13)11-5-3-2-4-6-11/h2-9,19-20H,1H3. The van der Waals surface area contributed by atoms with Crippen LogP contribution in [0.4, 0.5) is 0 Å². The molecular formula is C15H13N3O2. The molecule has 5 nitrogen and oxygen atoms in total. The lowest BCUT2D eigenvalue weighted by Crippen LogP contribution is -1.97. The van der Waals surface area contributed by atoms with Crippen molar-refractivity contribution in [2.24, 2.45) is 5.16 Å². The molecule has 0 saturated carbocycles. The van der Waals surface area contributed by atoms with Crippen molar-refractivity contribution in [2.75, 3.05) is 0 Å². The van der Waals surface area contributed by atoms with E-state index in [0.717, 1.165) is 15.9 Å². The first-order chi connectivity index (χ1) is 9.70. The number of rotatable bonds is 2. The lowest BCUT2D eigenvalue weighted by atomic mass is 10.1. The summed E-state index contributed by atoms with van der Waals surface area (Å²) in [5.74, 6) is 0.483. The molecule has 0 aliphatic heterocycles. The largest absolute Gasteiger partial charge is 0.426 e. The molecule has 3 rings (SSSR count). The zero-order chi connectivity index (χ0) is 14.1. The Morgan fingerprint density at radius 3 is 2.60 bits per heavy atom. The Bertz CT molecular complexity index is 791. The van der Waals surface area contributed by atoms with Gasteiger partial charge in [-0.2, -0.15) is 4.73 Å². The second-order valence-corrected chi connectivity index (χ2v) is 4.50. The zero-order valence-electron chi connectivity index (χ0n) is 10.9. The van der Waals surface area contributed by atoms with E-state index in [4.69, 9.17) is 5.21 Å². The van der Waals surface area contributed by atoms with Gasteiger partial charge in [0.2, 0.25) is 0 Å². The van der Waals surface area contributed by atoms with E-state index in [1.807, 2.05) is 30.3 Å². The highest BCUT2D eigenvalue weighted by molar-refractivity contribution is 6.01. The highest BCUT2D eigenvalue weighted by Gasteiger charge is 2.12. The van der Waals surface area contributed by atoms with E-state index in [0.29, 0.717) is 22.6 Å². The van der Waals surface area contributed by atoms with Gasteiger partial charge < -0.3 is 10.4 Å². The van der Waals surface area contributed by atoms with E-state index in [1.54, 1.807) is 25.1 Å². The van der Waals surface area contributed by atoms with Crippen molar-refractivity contribution >= 4 is 16.7 Å². The minimum absolute atomic E-state index is 0.481. The van der Waals surface area contributed by atoms with E-state index in [1.165, 1.54) is 0 Å². The summed E-state index contributed by atoms with van der Waals surface area (Å²) in [6, 6.07) is 14.8. The molecule has 0 radical (unpaired) electrons. The Morgan fingerprint density at radius 2 is 1.90 bits per heavy atom. The van der Waals surface area contributed by atoms with Gasteiger partial charge >= 0.3 is 0 Å². The van der Waals surface area contributed by atoms with Gasteiger partial charge in [0.25, 0.3) is 0 Å². The van der Waals surface area contributed by atoms with E-state index in [9.17, 15) is 5.21 Å². The SMILES string of the molecule is CC(=NO)c1ccc2nc(-c3ccccc3)n(O)c2c1. The predicted octanol–water partition coefficient (Wildman–Crippen LogP) is 3.14. The van der Waals surface area contributed by atoms with Crippen molar-refractivity contribution < 1.29 is 10.4 Å². The predicted molar refractivity (Wildman–Crippen MR) is 76.4 cm³/mol. The molecule has 20 heavy (non-hydrogen) atoms. The van der Waals surface area contributed by atoms with E-state index in [2.05, 4.69) is 10.1 Å². The number of hydrogen-bond donors (Lipinski definition) is 2. The van der Waals surface area contributed by atoms with E-state index < -0.39 is 0 Å². The summed E-state index contributed by atoms with van der Waals surface area (Å²) in [5, 5.41) is 22.3. The molecule has 0 fully saturated rings. The molecule has 1 aromatic heterocycles. The Kier molecular flexibility index (Phi) is 2.87. The van der Waals surface area contributed by atoms with Crippen LogP contribution < -0.4 is 0 Å². The van der Waals surface area contributed by atoms with Gasteiger partial charge in [-0.3, -0.25) is 0 Å². The van der Waals surface area contributed by atoms with Gasteiger partial charge in [0.1, 0.15) is 5.52 Å². The Balaban J connectivity index is 2.21. The summed E-state index contributed by atoms with van der Waals surface area (Å²) in [7, 11) is 0. The quantitative estimate of drug-likeness (QED) is 0.324. The van der Waals surface area contributed by atoms with Gasteiger partial charge in [0, 0.05) is 11.1 Å². The molecule has 2 aromatic carbocycles. The molecule has 0 aliphatic carbocycles. The molecule has 1 heterocycles. The third kappa shape index (κ3) is 1.89. The minimum atomic E-state index is 0.481. The minimum Gasteiger partial charge on any atom is -0.426 e. The first kappa shape index (κ1) is 12.2. The molecule has 0 amide bonds. The van der Waals surface area contributed by atoms with Crippen LogP contribution in [0.5, 0.6) is 0 Å². The van der Waals surface area contributed by atoms with Gasteiger partial charge in [-0.05, 0) is 19.1 Å². The topological polar surface area (TPSA) is 70.6 Å². The van der Waals surface area contributed by atoms with Crippen molar-refractivity contribution in [3.63, 3.8) is 0 Å². The number of imidazole rings is 1. The van der Waals surface area contributed by atoms with Gasteiger partial charge in [-0.15, -0.1) is 0 Å². The third-order valence-corrected chi connectivity index (χ3v) is 3.23. The first-order valence-corrected chi connectivity index (χ1v) is 6.17. The van der Waals surface area contributed by atoms with Crippen molar-refractivity contribution in [3.05, 3.63) is 54.1 Å². The van der Waals surface area contributed by atoms with Gasteiger partial charge in [0.05, 0.1) is 11.2 Å². The molecule has 5 heteroatoms. The molecule has 0 saturated heterocycles. The van der Waals surface area contributed by atoms with E-state index in [-0.39, 0.29) is 0 Å². The number of fused-ring (bicyclic) bond motifs is 1. The number of benzene rings is 2. The van der Waals surface area contributed by atoms with Crippen LogP contribution in [0.3, 0.4) is 0 Å². The van der Waals surface area contributed by atoms with Gasteiger partial charge in [0.15, 0.2) is 5.82 Å². The van der Waals surface area contributed by atoms with Crippen molar-refractivity contribution in [3.8, 4) is 11.4 Å². The molecular weight excluding hydrogens is 254 g/mol. The van der Waals surface area contributed by atoms with Gasteiger partial charge in [-0.25, -0.2) is 4.98 Å². The maximum absolute atomic E-state index is 10.3. The van der Waals surface area contributed by atoms with Crippen molar-refractivity contribution in [2.45, 2.75) is 6.92 Å². The summed E-state index contributed by atoms with van der Waals surface area (Å²) < 4.78 is 1.05. The molecule has 100 valence electrons. The zero-order valence-corrected chi connectivity index (χ0v) is 10.9. The monoisotopic (exact) mass is 267 g/mol. The Hall–Kier alpha value is -2.82. The number of nitrogens with zero attached hydrogens (tertiary/aromatic N) is 3. The fourth-order valence-electron chi connectivity index (χ4n) is 2.12. The third-order valence-electron chi connectivity index (χ3n) is 3.23. The number of hydrogen-bond acceptors (Lipinski definition) is 4. The molecule has 0 unspecified atom stereocenters. The average molecular weight is 267 g/mol. The highest BCUT2D eigenvalue weighted by atomic mass is 16.5. The second-order valence-electron chi connectivity index (χ2n) is 4.50. The molecule has 0 atom stereocenters. The molecule has 2 N–H and O–H groups in total. The first-order valence-electron chi connectivity index (χ1n) is 6.17. The smallest absolute Gasteiger partial charge is 0.176 e.